The molecule has 7 nitrogen and oxygen atoms in total. The predicted molar refractivity (Wildman–Crippen MR) is 94.4 cm³/mol. The van der Waals surface area contributed by atoms with E-state index in [-0.39, 0.29) is 53.5 Å². The van der Waals surface area contributed by atoms with Gasteiger partial charge in [-0.15, -0.1) is 0 Å². The first-order valence-electron chi connectivity index (χ1n) is 8.95. The standard InChI is InChI=1S/C17H21ClF2N4O3/c1-7-11(25)6-24(7)16-21-14(17(2,19)20)13(18)15(22-16)23-4-9-8(3-12(26)27)10(9)5-23/h7-11,25H,3-6H2,1-2H3,(H,26,27)/t7-,8?,9?,10?,11+/m0/s1. The van der Waals surface area contributed by atoms with Crippen LogP contribution < -0.4 is 9.80 Å². The quantitative estimate of drug-likeness (QED) is 0.778. The molecule has 1 aromatic heterocycles. The molecule has 3 aliphatic rings. The third-order valence-corrected chi connectivity index (χ3v) is 6.36. The minimum atomic E-state index is -3.23. The predicted octanol–water partition coefficient (Wildman–Crippen LogP) is 1.97. The van der Waals surface area contributed by atoms with Gasteiger partial charge in [-0.2, -0.15) is 13.8 Å². The maximum Gasteiger partial charge on any atom is 0.303 e. The number of halogens is 3. The Bertz CT molecular complexity index is 778. The molecule has 4 atom stereocenters. The van der Waals surface area contributed by atoms with Crippen LogP contribution in [-0.4, -0.2) is 57.9 Å². The molecule has 10 heteroatoms. The van der Waals surface area contributed by atoms with Crippen molar-refractivity contribution in [3.63, 3.8) is 0 Å². The van der Waals surface area contributed by atoms with E-state index < -0.39 is 23.7 Å². The molecular weight excluding hydrogens is 382 g/mol. The monoisotopic (exact) mass is 402 g/mol. The number of aliphatic hydroxyl groups is 1. The van der Waals surface area contributed by atoms with Crippen LogP contribution in [-0.2, 0) is 10.7 Å². The molecule has 2 aliphatic heterocycles. The number of aliphatic carboxylic acids is 1. The molecule has 0 radical (unpaired) electrons. The van der Waals surface area contributed by atoms with Gasteiger partial charge in [-0.25, -0.2) is 4.98 Å². The van der Waals surface area contributed by atoms with Crippen LogP contribution in [0.2, 0.25) is 5.02 Å². The summed E-state index contributed by atoms with van der Waals surface area (Å²) >= 11 is 6.25. The molecule has 0 amide bonds. The van der Waals surface area contributed by atoms with Crippen molar-refractivity contribution in [1.29, 1.82) is 0 Å². The molecule has 2 unspecified atom stereocenters. The first kappa shape index (κ1) is 18.6. The van der Waals surface area contributed by atoms with Gasteiger partial charge >= 0.3 is 5.97 Å². The Morgan fingerprint density at radius 1 is 1.30 bits per heavy atom. The fraction of sp³-hybridized carbons (Fsp3) is 0.706. The number of carbonyl (C=O) groups is 1. The van der Waals surface area contributed by atoms with Crippen molar-refractivity contribution < 1.29 is 23.8 Å². The van der Waals surface area contributed by atoms with E-state index in [9.17, 15) is 18.7 Å². The van der Waals surface area contributed by atoms with E-state index in [1.807, 2.05) is 4.90 Å². The molecule has 4 rings (SSSR count). The van der Waals surface area contributed by atoms with Crippen LogP contribution in [0.5, 0.6) is 0 Å². The number of piperidine rings is 1. The van der Waals surface area contributed by atoms with Gasteiger partial charge in [-0.05, 0) is 24.7 Å². The minimum absolute atomic E-state index is 0.131. The summed E-state index contributed by atoms with van der Waals surface area (Å²) in [4.78, 5) is 22.8. The zero-order valence-corrected chi connectivity index (χ0v) is 15.7. The smallest absolute Gasteiger partial charge is 0.303 e. The number of anilines is 2. The highest BCUT2D eigenvalue weighted by molar-refractivity contribution is 6.33. The molecular formula is C17H21ClF2N4O3. The van der Waals surface area contributed by atoms with Crippen molar-refractivity contribution in [1.82, 2.24) is 9.97 Å². The third kappa shape index (κ3) is 3.10. The van der Waals surface area contributed by atoms with Gasteiger partial charge in [-0.3, -0.25) is 4.79 Å². The number of rotatable bonds is 5. The zero-order valence-electron chi connectivity index (χ0n) is 14.9. The van der Waals surface area contributed by atoms with Gasteiger partial charge in [0, 0.05) is 33.0 Å². The van der Waals surface area contributed by atoms with Gasteiger partial charge in [0.1, 0.15) is 10.7 Å². The molecule has 1 aromatic rings. The van der Waals surface area contributed by atoms with E-state index in [1.165, 1.54) is 0 Å². The summed E-state index contributed by atoms with van der Waals surface area (Å²) in [5.74, 6) is -3.07. The normalized spacial score (nSPS) is 32.3. The SMILES string of the molecule is C[C@H]1[C@H](O)CN1c1nc(N2CC3C(CC(=O)O)C3C2)c(Cl)c(C(C)(F)F)n1. The molecule has 0 spiro atoms. The van der Waals surface area contributed by atoms with Crippen molar-refractivity contribution in [2.75, 3.05) is 29.4 Å². The lowest BCUT2D eigenvalue weighted by Crippen LogP contribution is -2.59. The van der Waals surface area contributed by atoms with Crippen LogP contribution in [0.25, 0.3) is 0 Å². The average Bonchev–Trinajstić information content (AvgIpc) is 3.02. The third-order valence-electron chi connectivity index (χ3n) is 6.01. The van der Waals surface area contributed by atoms with E-state index in [0.29, 0.717) is 13.1 Å². The zero-order chi connectivity index (χ0) is 19.7. The fourth-order valence-electron chi connectivity index (χ4n) is 4.23. The van der Waals surface area contributed by atoms with Gasteiger partial charge < -0.3 is 20.0 Å². The highest BCUT2D eigenvalue weighted by Gasteiger charge is 2.56. The van der Waals surface area contributed by atoms with Gasteiger partial charge in [-0.1, -0.05) is 11.6 Å². The van der Waals surface area contributed by atoms with Crippen molar-refractivity contribution in [2.45, 2.75) is 38.3 Å². The Hall–Kier alpha value is -1.74. The number of aliphatic hydroxyl groups excluding tert-OH is 1. The first-order chi connectivity index (χ1) is 12.6. The number of aromatic nitrogens is 2. The molecule has 3 heterocycles. The number of fused-ring (bicyclic) bond motifs is 1. The Labute approximate surface area is 160 Å². The van der Waals surface area contributed by atoms with Gasteiger partial charge in [0.2, 0.25) is 5.95 Å². The molecule has 3 fully saturated rings. The maximum atomic E-state index is 14.1. The van der Waals surface area contributed by atoms with Gasteiger partial charge in [0.05, 0.1) is 12.1 Å². The highest BCUT2D eigenvalue weighted by atomic mass is 35.5. The molecule has 0 aromatic carbocycles. The lowest BCUT2D eigenvalue weighted by atomic mass is 10.0. The van der Waals surface area contributed by atoms with E-state index in [1.54, 1.807) is 11.8 Å². The number of hydrogen-bond donors (Lipinski definition) is 2. The molecule has 0 bridgehead atoms. The second-order valence-electron chi connectivity index (χ2n) is 7.85. The Kier molecular flexibility index (Phi) is 4.23. The molecule has 1 aliphatic carbocycles. The molecule has 2 saturated heterocycles. The summed E-state index contributed by atoms with van der Waals surface area (Å²) in [6, 6.07) is -0.260. The van der Waals surface area contributed by atoms with E-state index in [0.717, 1.165) is 6.92 Å². The van der Waals surface area contributed by atoms with E-state index in [4.69, 9.17) is 16.7 Å². The lowest BCUT2D eigenvalue weighted by molar-refractivity contribution is -0.137. The van der Waals surface area contributed by atoms with Crippen molar-refractivity contribution in [2.24, 2.45) is 17.8 Å². The van der Waals surface area contributed by atoms with Crippen molar-refractivity contribution >= 4 is 29.3 Å². The molecule has 27 heavy (non-hydrogen) atoms. The van der Waals surface area contributed by atoms with Crippen LogP contribution in [0, 0.1) is 17.8 Å². The molecule has 1 saturated carbocycles. The molecule has 2 N–H and O–H groups in total. The highest BCUT2D eigenvalue weighted by Crippen LogP contribution is 2.55. The topological polar surface area (TPSA) is 89.8 Å². The number of carboxylic acids is 1. The van der Waals surface area contributed by atoms with Crippen LogP contribution >= 0.6 is 11.6 Å². The number of β-amino-alcohol motifs (C(OH)–C–C–N with tert-alkyl or cyclic N) is 1. The summed E-state index contributed by atoms with van der Waals surface area (Å²) in [6.45, 7) is 3.89. The number of hydrogen-bond acceptors (Lipinski definition) is 6. The second-order valence-corrected chi connectivity index (χ2v) is 8.23. The van der Waals surface area contributed by atoms with E-state index >= 15 is 0 Å². The lowest BCUT2D eigenvalue weighted by Gasteiger charge is -2.43. The summed E-state index contributed by atoms with van der Waals surface area (Å²) < 4.78 is 28.2. The van der Waals surface area contributed by atoms with Gasteiger partial charge in [0.15, 0.2) is 5.82 Å². The van der Waals surface area contributed by atoms with Gasteiger partial charge in [0.25, 0.3) is 5.92 Å². The van der Waals surface area contributed by atoms with E-state index in [2.05, 4.69) is 9.97 Å². The number of carboxylic acid groups (broad SMARTS) is 1. The summed E-state index contributed by atoms with van der Waals surface area (Å²) in [6.07, 6.45) is -0.414. The fourth-order valence-corrected chi connectivity index (χ4v) is 4.60. The summed E-state index contributed by atoms with van der Waals surface area (Å²) in [7, 11) is 0. The Balaban J connectivity index is 1.62. The van der Waals surface area contributed by atoms with Crippen LogP contribution in [0.15, 0.2) is 0 Å². The van der Waals surface area contributed by atoms with Crippen molar-refractivity contribution in [3.05, 3.63) is 10.7 Å². The van der Waals surface area contributed by atoms with Crippen LogP contribution in [0.3, 0.4) is 0 Å². The van der Waals surface area contributed by atoms with Crippen LogP contribution in [0.4, 0.5) is 20.5 Å². The summed E-state index contributed by atoms with van der Waals surface area (Å²) in [5, 5.41) is 18.5. The molecule has 148 valence electrons. The number of alkyl halides is 2. The largest absolute Gasteiger partial charge is 0.481 e. The first-order valence-corrected chi connectivity index (χ1v) is 9.33. The number of nitrogens with zero attached hydrogens (tertiary/aromatic N) is 4. The Morgan fingerprint density at radius 3 is 2.41 bits per heavy atom. The second kappa shape index (κ2) is 6.13. The van der Waals surface area contributed by atoms with Crippen LogP contribution in [0.1, 0.15) is 26.0 Å². The average molecular weight is 403 g/mol. The maximum absolute atomic E-state index is 14.1. The summed E-state index contributed by atoms with van der Waals surface area (Å²) in [5.41, 5.74) is -0.527. The van der Waals surface area contributed by atoms with Crippen molar-refractivity contribution in [3.8, 4) is 0 Å². The minimum Gasteiger partial charge on any atom is -0.481 e. The Morgan fingerprint density at radius 2 is 1.93 bits per heavy atom.